The van der Waals surface area contributed by atoms with Crippen molar-refractivity contribution in [3.63, 3.8) is 0 Å². The van der Waals surface area contributed by atoms with Gasteiger partial charge in [0.25, 0.3) is 0 Å². The molecule has 0 unspecified atom stereocenters. The molecule has 0 N–H and O–H groups in total. The minimum Gasteiger partial charge on any atom is -0.455 e. The first kappa shape index (κ1) is 46.6. The van der Waals surface area contributed by atoms with Gasteiger partial charge in [0, 0.05) is 71.7 Å². The minimum absolute atomic E-state index is 0. The van der Waals surface area contributed by atoms with Crippen molar-refractivity contribution in [3.8, 4) is 44.9 Å². The van der Waals surface area contributed by atoms with E-state index < -0.39 is 8.07 Å². The molecule has 1 radical (unpaired) electrons. The van der Waals surface area contributed by atoms with Crippen LogP contribution in [-0.4, -0.2) is 23.0 Å². The number of para-hydroxylation sites is 1. The quantitative estimate of drug-likeness (QED) is 0.142. The third kappa shape index (κ3) is 11.2. The predicted octanol–water partition coefficient (Wildman–Crippen LogP) is 15.3. The second kappa shape index (κ2) is 21.0. The molecule has 0 spiro atoms. The zero-order valence-electron chi connectivity index (χ0n) is 37.5. The fourth-order valence-corrected chi connectivity index (χ4v) is 9.30. The molecule has 4 aromatic heterocycles. The Bertz CT molecular complexity index is 2900. The molecule has 9 rings (SSSR count). The van der Waals surface area contributed by atoms with Gasteiger partial charge in [-0.1, -0.05) is 151 Å². The van der Waals surface area contributed by atoms with Crippen LogP contribution in [-0.2, 0) is 26.5 Å². The first-order valence-corrected chi connectivity index (χ1v) is 25.1. The van der Waals surface area contributed by atoms with E-state index in [4.69, 9.17) is 9.40 Å². The molecule has 0 atom stereocenters. The maximum atomic E-state index is 14.2. The number of pyridine rings is 3. The molecule has 7 heteroatoms. The van der Waals surface area contributed by atoms with E-state index >= 15 is 0 Å². The van der Waals surface area contributed by atoms with Gasteiger partial charge in [-0.25, -0.2) is 4.39 Å². The van der Waals surface area contributed by atoms with Crippen LogP contribution in [0.25, 0.3) is 66.8 Å². The Morgan fingerprint density at radius 3 is 1.81 bits per heavy atom. The summed E-state index contributed by atoms with van der Waals surface area (Å²) in [5, 5.41) is 3.54. The molecule has 0 fully saturated rings. The maximum Gasteiger partial charge on any atom is 0.144 e. The molecule has 4 nitrogen and oxygen atoms in total. The number of halogens is 1. The first-order chi connectivity index (χ1) is 29.9. The first-order valence-electron chi connectivity index (χ1n) is 21.6. The topological polar surface area (TPSA) is 51.8 Å². The van der Waals surface area contributed by atoms with E-state index in [-0.39, 0.29) is 25.9 Å². The van der Waals surface area contributed by atoms with Crippen LogP contribution in [0.15, 0.2) is 175 Å². The molecule has 0 aliphatic carbocycles. The van der Waals surface area contributed by atoms with Crippen molar-refractivity contribution in [2.24, 2.45) is 0 Å². The van der Waals surface area contributed by atoms with Gasteiger partial charge in [-0.05, 0) is 100 Å². The molecule has 63 heavy (non-hydrogen) atoms. The molecule has 0 saturated carbocycles. The van der Waals surface area contributed by atoms with E-state index in [1.54, 1.807) is 12.1 Å². The number of aryl methyl sites for hydroxylation is 1. The third-order valence-corrected chi connectivity index (χ3v) is 13.2. The summed E-state index contributed by atoms with van der Waals surface area (Å²) < 4.78 is 20.5. The van der Waals surface area contributed by atoms with Crippen LogP contribution in [0.5, 0.6) is 0 Å². The summed E-state index contributed by atoms with van der Waals surface area (Å²) in [5.41, 5.74) is 13.4. The van der Waals surface area contributed by atoms with Crippen LogP contribution >= 0.6 is 0 Å². The number of aromatic nitrogens is 3. The van der Waals surface area contributed by atoms with E-state index in [1.807, 2.05) is 79.1 Å². The van der Waals surface area contributed by atoms with Crippen LogP contribution < -0.4 is 5.19 Å². The zero-order valence-corrected chi connectivity index (χ0v) is 40.9. The van der Waals surface area contributed by atoms with E-state index in [0.717, 1.165) is 56.6 Å². The molecule has 321 valence electrons. The molecule has 0 aliphatic rings. The summed E-state index contributed by atoms with van der Waals surface area (Å²) in [6, 6.07) is 50.1. The molecular weight excluding hydrogens is 970 g/mol. The molecule has 0 aliphatic heterocycles. The monoisotopic (exact) mass is 1030 g/mol. The number of benzene rings is 5. The van der Waals surface area contributed by atoms with E-state index in [2.05, 4.69) is 137 Å². The van der Waals surface area contributed by atoms with Gasteiger partial charge in [-0.2, -0.15) is 0 Å². The second-order valence-corrected chi connectivity index (χ2v) is 22.3. The molecular formula is C56H56FIrN3OSi. The van der Waals surface area contributed by atoms with Crippen LogP contribution in [0.2, 0.25) is 19.6 Å². The fraction of sp³-hybridized carbons (Fsp3) is 0.196. The Morgan fingerprint density at radius 2 is 1.17 bits per heavy atom. The van der Waals surface area contributed by atoms with Crippen LogP contribution in [0.4, 0.5) is 4.39 Å². The van der Waals surface area contributed by atoms with Gasteiger partial charge in [0.2, 0.25) is 0 Å². The number of hydrogen-bond acceptors (Lipinski definition) is 4. The van der Waals surface area contributed by atoms with Crippen molar-refractivity contribution >= 4 is 35.2 Å². The number of fused-ring (bicyclic) bond motifs is 3. The number of hydrogen-bond donors (Lipinski definition) is 0. The van der Waals surface area contributed by atoms with E-state index in [1.165, 1.54) is 39.1 Å². The van der Waals surface area contributed by atoms with E-state index in [0.29, 0.717) is 17.4 Å². The second-order valence-electron chi connectivity index (χ2n) is 17.3. The Labute approximate surface area is 387 Å². The summed E-state index contributed by atoms with van der Waals surface area (Å²) in [7, 11) is -1.33. The molecule has 4 heterocycles. The smallest absolute Gasteiger partial charge is 0.144 e. The summed E-state index contributed by atoms with van der Waals surface area (Å²) in [6.45, 7) is 18.2. The van der Waals surface area contributed by atoms with Gasteiger partial charge in [0.05, 0.1) is 25.2 Å². The largest absolute Gasteiger partial charge is 0.455 e. The standard InChI is InChI=1S/C26H20FNO.C17H23NSi.C13H13N.Ir/c1-16(2)17-12-13-28-24(14-17)22-8-5-7-21-20-11-10-18(15-25(20)29-26(21)22)19-6-3-4-9-23(19)27;1-13(2)15-11-16(14-9-7-6-8-10-14)18-12-17(15)19(3,4)5;1-2-11-8-9-14-13(10-11)12-6-4-3-5-7-12;/h3-16H,1-2H3;6-13H,1-5H3;3-10H,2H2,1H3;. The maximum absolute atomic E-state index is 14.2. The van der Waals surface area contributed by atoms with Gasteiger partial charge >= 0.3 is 0 Å². The normalized spacial score (nSPS) is 11.2. The Kier molecular flexibility index (Phi) is 15.6. The van der Waals surface area contributed by atoms with Gasteiger partial charge in [-0.3, -0.25) is 15.0 Å². The number of rotatable bonds is 8. The number of nitrogens with zero attached hydrogens (tertiary/aromatic N) is 3. The van der Waals surface area contributed by atoms with Crippen molar-refractivity contribution in [1.29, 1.82) is 0 Å². The third-order valence-electron chi connectivity index (χ3n) is 11.1. The van der Waals surface area contributed by atoms with Crippen molar-refractivity contribution in [1.82, 2.24) is 15.0 Å². The van der Waals surface area contributed by atoms with Crippen LogP contribution in [0.1, 0.15) is 63.1 Å². The van der Waals surface area contributed by atoms with Gasteiger partial charge < -0.3 is 4.42 Å². The van der Waals surface area contributed by atoms with Crippen molar-refractivity contribution in [2.45, 2.75) is 72.5 Å². The average Bonchev–Trinajstić information content (AvgIpc) is 3.68. The van der Waals surface area contributed by atoms with Crippen LogP contribution in [0, 0.1) is 5.82 Å². The van der Waals surface area contributed by atoms with Gasteiger partial charge in [-0.15, -0.1) is 0 Å². The average molecular weight is 1030 g/mol. The SMILES string of the molecule is CC(C)c1cc(-c2ccccc2)ncc1[Si](C)(C)C.CC(C)c1ccnc(-c2cccc3c2oc2cc(-c4ccccc4F)ccc23)c1.CCc1ccnc(-c2ccccc2)c1.[Ir]. The minimum atomic E-state index is -1.33. The van der Waals surface area contributed by atoms with Crippen molar-refractivity contribution < 1.29 is 28.9 Å². The Hall–Kier alpha value is -5.85. The summed E-state index contributed by atoms with van der Waals surface area (Å²) >= 11 is 0. The van der Waals surface area contributed by atoms with Crippen LogP contribution in [0.3, 0.4) is 0 Å². The molecule has 0 saturated heterocycles. The molecule has 0 bridgehead atoms. The summed E-state index contributed by atoms with van der Waals surface area (Å²) in [4.78, 5) is 13.6. The Balaban J connectivity index is 0.000000168. The molecule has 0 amide bonds. The zero-order chi connectivity index (χ0) is 43.8. The summed E-state index contributed by atoms with van der Waals surface area (Å²) in [6.07, 6.45) is 6.90. The van der Waals surface area contributed by atoms with Gasteiger partial charge in [0.15, 0.2) is 0 Å². The Morgan fingerprint density at radius 1 is 0.556 bits per heavy atom. The predicted molar refractivity (Wildman–Crippen MR) is 262 cm³/mol. The van der Waals surface area contributed by atoms with Crippen molar-refractivity contribution in [3.05, 3.63) is 193 Å². The number of furan rings is 1. The molecule has 9 aromatic rings. The van der Waals surface area contributed by atoms with E-state index in [9.17, 15) is 4.39 Å². The summed E-state index contributed by atoms with van der Waals surface area (Å²) in [5.74, 6) is 0.737. The fourth-order valence-electron chi connectivity index (χ4n) is 7.62. The molecule has 5 aromatic carbocycles. The van der Waals surface area contributed by atoms with Crippen molar-refractivity contribution in [2.75, 3.05) is 0 Å². The van der Waals surface area contributed by atoms with Gasteiger partial charge in [0.1, 0.15) is 17.0 Å².